The summed E-state index contributed by atoms with van der Waals surface area (Å²) >= 11 is 5.72. The van der Waals surface area contributed by atoms with Gasteiger partial charge in [-0.2, -0.15) is 4.98 Å². The zero-order valence-electron chi connectivity index (χ0n) is 16.7. The lowest BCUT2D eigenvalue weighted by atomic mass is 10.1. The van der Waals surface area contributed by atoms with E-state index in [-0.39, 0.29) is 28.0 Å². The van der Waals surface area contributed by atoms with Gasteiger partial charge in [-0.25, -0.2) is 9.18 Å². The molecule has 0 spiro atoms. The van der Waals surface area contributed by atoms with E-state index >= 15 is 0 Å². The normalized spacial score (nSPS) is 13.5. The van der Waals surface area contributed by atoms with Gasteiger partial charge in [0.25, 0.3) is 5.56 Å². The number of nitrogens with zero attached hydrogens (tertiary/aromatic N) is 4. The van der Waals surface area contributed by atoms with Crippen molar-refractivity contribution >= 4 is 23.2 Å². The Kier molecular flexibility index (Phi) is 5.73. The quantitative estimate of drug-likeness (QED) is 0.657. The van der Waals surface area contributed by atoms with Gasteiger partial charge in [0.1, 0.15) is 17.9 Å². The zero-order chi connectivity index (χ0) is 22.1. The molecule has 0 saturated carbocycles. The van der Waals surface area contributed by atoms with Crippen molar-refractivity contribution in [2.45, 2.75) is 45.7 Å². The van der Waals surface area contributed by atoms with Crippen LogP contribution in [-0.2, 0) is 24.3 Å². The molecule has 1 N–H and O–H groups in total. The van der Waals surface area contributed by atoms with Crippen molar-refractivity contribution in [2.24, 2.45) is 0 Å². The van der Waals surface area contributed by atoms with Crippen molar-refractivity contribution < 1.29 is 13.7 Å². The third-order valence-corrected chi connectivity index (χ3v) is 5.32. The first kappa shape index (κ1) is 21.0. The Morgan fingerprint density at radius 2 is 2.10 bits per heavy atom. The summed E-state index contributed by atoms with van der Waals surface area (Å²) in [6, 6.07) is 3.77. The minimum Gasteiger partial charge on any atom is -0.339 e. The molecule has 0 bridgehead atoms. The number of carbonyl (C=O) groups excluding carboxylic acids is 1. The number of nitrogens with one attached hydrogen (secondary N) is 1. The van der Waals surface area contributed by atoms with E-state index in [0.29, 0.717) is 18.7 Å². The molecule has 0 aliphatic carbocycles. The zero-order valence-corrected chi connectivity index (χ0v) is 17.4. The SMILES string of the molecule is Cc1nc(-c2c3n(c(=O)n(CC(=O)Nc4ccc(Cl)cc4F)c2=O)CCCCC3)no1. The maximum atomic E-state index is 14.0. The molecule has 162 valence electrons. The summed E-state index contributed by atoms with van der Waals surface area (Å²) in [6.45, 7) is 1.41. The molecular weight excluding hydrogens is 429 g/mol. The number of hydrogen-bond donors (Lipinski definition) is 1. The first-order valence-electron chi connectivity index (χ1n) is 9.77. The van der Waals surface area contributed by atoms with E-state index in [9.17, 15) is 18.8 Å². The highest BCUT2D eigenvalue weighted by Gasteiger charge is 2.25. The van der Waals surface area contributed by atoms with Gasteiger partial charge in [0.15, 0.2) is 0 Å². The Hall–Kier alpha value is -3.27. The molecule has 3 aromatic rings. The fourth-order valence-electron chi connectivity index (χ4n) is 3.66. The number of benzene rings is 1. The lowest BCUT2D eigenvalue weighted by Gasteiger charge is -2.16. The van der Waals surface area contributed by atoms with Gasteiger partial charge in [-0.05, 0) is 37.5 Å². The maximum absolute atomic E-state index is 14.0. The van der Waals surface area contributed by atoms with Crippen molar-refractivity contribution in [1.29, 1.82) is 0 Å². The smallest absolute Gasteiger partial charge is 0.331 e. The minimum absolute atomic E-state index is 0.0750. The number of hydrogen-bond acceptors (Lipinski definition) is 6. The fraction of sp³-hybridized carbons (Fsp3) is 0.350. The number of halogens is 2. The number of carbonyl (C=O) groups is 1. The van der Waals surface area contributed by atoms with Crippen LogP contribution in [0.25, 0.3) is 11.4 Å². The molecule has 0 radical (unpaired) electrons. The standard InChI is InChI=1S/C20H19ClFN5O4/c1-11-23-18(25-31-11)17-15-5-3-2-4-8-26(15)20(30)27(19(17)29)10-16(28)24-14-7-6-12(21)9-13(14)22/h6-7,9H,2-5,8,10H2,1H3,(H,24,28). The van der Waals surface area contributed by atoms with Gasteiger partial charge >= 0.3 is 5.69 Å². The van der Waals surface area contributed by atoms with Crippen molar-refractivity contribution in [2.75, 3.05) is 5.32 Å². The molecular formula is C20H19ClFN5O4. The number of fused-ring (bicyclic) bond motifs is 1. The number of amides is 1. The fourth-order valence-corrected chi connectivity index (χ4v) is 3.82. The van der Waals surface area contributed by atoms with Gasteiger partial charge < -0.3 is 9.84 Å². The minimum atomic E-state index is -0.732. The van der Waals surface area contributed by atoms with Crippen LogP contribution in [0.3, 0.4) is 0 Å². The van der Waals surface area contributed by atoms with Crippen LogP contribution in [0.2, 0.25) is 5.02 Å². The van der Waals surface area contributed by atoms with Crippen LogP contribution in [0, 0.1) is 12.7 Å². The van der Waals surface area contributed by atoms with E-state index < -0.39 is 29.5 Å². The Balaban J connectivity index is 1.77. The molecule has 0 fully saturated rings. The third kappa shape index (κ3) is 4.15. The van der Waals surface area contributed by atoms with E-state index in [1.54, 1.807) is 6.92 Å². The molecule has 1 aliphatic rings. The Morgan fingerprint density at radius 3 is 2.81 bits per heavy atom. The molecule has 2 aromatic heterocycles. The Labute approximate surface area is 180 Å². The van der Waals surface area contributed by atoms with E-state index in [4.69, 9.17) is 16.1 Å². The predicted octanol–water partition coefficient (Wildman–Crippen LogP) is 2.53. The summed E-state index contributed by atoms with van der Waals surface area (Å²) in [7, 11) is 0. The summed E-state index contributed by atoms with van der Waals surface area (Å²) in [5.41, 5.74) is -0.716. The molecule has 3 heterocycles. The van der Waals surface area contributed by atoms with Gasteiger partial charge in [-0.3, -0.25) is 18.7 Å². The van der Waals surface area contributed by atoms with Crippen LogP contribution < -0.4 is 16.6 Å². The van der Waals surface area contributed by atoms with Crippen molar-refractivity contribution in [3.63, 3.8) is 0 Å². The maximum Gasteiger partial charge on any atom is 0.331 e. The number of aromatic nitrogens is 4. The molecule has 9 nitrogen and oxygen atoms in total. The summed E-state index contributed by atoms with van der Waals surface area (Å²) in [5.74, 6) is -1.11. The largest absolute Gasteiger partial charge is 0.339 e. The second-order valence-electron chi connectivity index (χ2n) is 7.27. The Morgan fingerprint density at radius 1 is 1.29 bits per heavy atom. The summed E-state index contributed by atoms with van der Waals surface area (Å²) < 4.78 is 21.3. The molecule has 0 saturated heterocycles. The van der Waals surface area contributed by atoms with Crippen molar-refractivity contribution in [1.82, 2.24) is 19.3 Å². The van der Waals surface area contributed by atoms with Crippen molar-refractivity contribution in [3.8, 4) is 11.4 Å². The highest BCUT2D eigenvalue weighted by atomic mass is 35.5. The summed E-state index contributed by atoms with van der Waals surface area (Å²) in [4.78, 5) is 43.0. The van der Waals surface area contributed by atoms with Gasteiger partial charge in [-0.15, -0.1) is 0 Å². The lowest BCUT2D eigenvalue weighted by molar-refractivity contribution is -0.116. The highest BCUT2D eigenvalue weighted by Crippen LogP contribution is 2.22. The van der Waals surface area contributed by atoms with Crippen LogP contribution in [0.1, 0.15) is 30.8 Å². The number of aryl methyl sites for hydroxylation is 1. The predicted molar refractivity (Wildman–Crippen MR) is 111 cm³/mol. The van der Waals surface area contributed by atoms with Gasteiger partial charge in [0, 0.05) is 24.2 Å². The number of rotatable bonds is 4. The van der Waals surface area contributed by atoms with E-state index in [1.165, 1.54) is 16.7 Å². The molecule has 1 aliphatic heterocycles. The lowest BCUT2D eigenvalue weighted by Crippen LogP contribution is -2.44. The first-order valence-corrected chi connectivity index (χ1v) is 10.1. The molecule has 11 heteroatoms. The van der Waals surface area contributed by atoms with Gasteiger partial charge in [0.2, 0.25) is 17.6 Å². The summed E-state index contributed by atoms with van der Waals surface area (Å²) in [5, 5.41) is 6.39. The van der Waals surface area contributed by atoms with Gasteiger partial charge in [0.05, 0.1) is 5.69 Å². The molecule has 0 unspecified atom stereocenters. The molecule has 1 amide bonds. The van der Waals surface area contributed by atoms with E-state index in [2.05, 4.69) is 15.5 Å². The number of anilines is 1. The highest BCUT2D eigenvalue weighted by molar-refractivity contribution is 6.30. The van der Waals surface area contributed by atoms with E-state index in [1.807, 2.05) is 0 Å². The van der Waals surface area contributed by atoms with Crippen LogP contribution in [0.4, 0.5) is 10.1 Å². The second kappa shape index (κ2) is 8.46. The first-order chi connectivity index (χ1) is 14.8. The average molecular weight is 448 g/mol. The molecule has 1 aromatic carbocycles. The average Bonchev–Trinajstić information content (AvgIpc) is 2.99. The Bertz CT molecular complexity index is 1280. The van der Waals surface area contributed by atoms with E-state index in [0.717, 1.165) is 29.9 Å². The summed E-state index contributed by atoms with van der Waals surface area (Å²) in [6.07, 6.45) is 2.98. The van der Waals surface area contributed by atoms with Crippen LogP contribution >= 0.6 is 11.6 Å². The molecule has 31 heavy (non-hydrogen) atoms. The van der Waals surface area contributed by atoms with Crippen LogP contribution in [-0.4, -0.2) is 25.2 Å². The molecule has 4 rings (SSSR count). The molecule has 0 atom stereocenters. The third-order valence-electron chi connectivity index (χ3n) is 5.09. The topological polar surface area (TPSA) is 112 Å². The monoisotopic (exact) mass is 447 g/mol. The van der Waals surface area contributed by atoms with Crippen LogP contribution in [0.5, 0.6) is 0 Å². The second-order valence-corrected chi connectivity index (χ2v) is 7.70. The van der Waals surface area contributed by atoms with Crippen LogP contribution in [0.15, 0.2) is 32.3 Å². The van der Waals surface area contributed by atoms with Crippen molar-refractivity contribution in [3.05, 3.63) is 61.5 Å². The van der Waals surface area contributed by atoms with Gasteiger partial charge in [-0.1, -0.05) is 23.2 Å².